The minimum Gasteiger partial charge on any atom is -0.0843 e. The number of hydrogen-bond acceptors (Lipinski definition) is 0. The summed E-state index contributed by atoms with van der Waals surface area (Å²) in [6.45, 7) is 4.58. The number of halogens is 1. The van der Waals surface area contributed by atoms with Gasteiger partial charge in [-0.3, -0.25) is 0 Å². The Morgan fingerprint density at radius 3 is 2.18 bits per heavy atom. The van der Waals surface area contributed by atoms with E-state index < -0.39 is 0 Å². The van der Waals surface area contributed by atoms with Crippen LogP contribution in [0, 0.1) is 0 Å². The van der Waals surface area contributed by atoms with Gasteiger partial charge in [-0.25, -0.2) is 0 Å². The predicted molar refractivity (Wildman–Crippen MR) is 77.9 cm³/mol. The zero-order valence-electron chi connectivity index (χ0n) is 11.2. The lowest BCUT2D eigenvalue weighted by Crippen LogP contribution is -1.93. The minimum absolute atomic E-state index is 0.665. The summed E-state index contributed by atoms with van der Waals surface area (Å²) in [5.41, 5.74) is 1.42. The van der Waals surface area contributed by atoms with Crippen LogP contribution in [0.3, 0.4) is 0 Å². The molecule has 0 fully saturated rings. The van der Waals surface area contributed by atoms with Crippen molar-refractivity contribution in [3.8, 4) is 0 Å². The Labute approximate surface area is 111 Å². The van der Waals surface area contributed by atoms with Crippen molar-refractivity contribution in [2.75, 3.05) is 0 Å². The van der Waals surface area contributed by atoms with Gasteiger partial charge < -0.3 is 0 Å². The molecule has 1 rings (SSSR count). The van der Waals surface area contributed by atoms with Crippen LogP contribution < -0.4 is 0 Å². The van der Waals surface area contributed by atoms with E-state index in [9.17, 15) is 0 Å². The molecule has 0 nitrogen and oxygen atoms in total. The lowest BCUT2D eigenvalue weighted by atomic mass is 9.95. The second kappa shape index (κ2) is 8.58. The Morgan fingerprint density at radius 2 is 1.53 bits per heavy atom. The van der Waals surface area contributed by atoms with E-state index in [2.05, 4.69) is 26.0 Å². The molecule has 0 N–H and O–H groups in total. The van der Waals surface area contributed by atoms with Crippen LogP contribution in [0.5, 0.6) is 0 Å². The Kier molecular flexibility index (Phi) is 7.35. The highest BCUT2D eigenvalue weighted by Crippen LogP contribution is 2.23. The van der Waals surface area contributed by atoms with Crippen LogP contribution in [0.15, 0.2) is 24.3 Å². The average Bonchev–Trinajstić information content (AvgIpc) is 2.34. The van der Waals surface area contributed by atoms with Gasteiger partial charge in [-0.05, 0) is 30.0 Å². The van der Waals surface area contributed by atoms with Crippen molar-refractivity contribution < 1.29 is 0 Å². The van der Waals surface area contributed by atoms with Crippen LogP contribution in [-0.4, -0.2) is 0 Å². The maximum absolute atomic E-state index is 5.89. The Morgan fingerprint density at radius 1 is 0.941 bits per heavy atom. The normalized spacial score (nSPS) is 12.6. The highest BCUT2D eigenvalue weighted by molar-refractivity contribution is 6.30. The van der Waals surface area contributed by atoms with E-state index >= 15 is 0 Å². The Balaban J connectivity index is 2.16. The molecule has 0 spiro atoms. The van der Waals surface area contributed by atoms with Gasteiger partial charge in [0, 0.05) is 5.02 Å². The first-order chi connectivity index (χ1) is 8.24. The summed E-state index contributed by atoms with van der Waals surface area (Å²) >= 11 is 5.89. The van der Waals surface area contributed by atoms with Crippen molar-refractivity contribution in [3.05, 3.63) is 34.9 Å². The second-order valence-corrected chi connectivity index (χ2v) is 5.45. The molecule has 1 aromatic rings. The topological polar surface area (TPSA) is 0 Å². The highest BCUT2D eigenvalue weighted by atomic mass is 35.5. The van der Waals surface area contributed by atoms with Crippen molar-refractivity contribution in [3.63, 3.8) is 0 Å². The molecule has 1 atom stereocenters. The standard InChI is InChI=1S/C16H25Cl/c1-3-4-5-6-7-8-9-14(2)15-10-12-16(17)13-11-15/h10-14H,3-9H2,1-2H3. The van der Waals surface area contributed by atoms with Crippen LogP contribution in [0.1, 0.15) is 70.3 Å². The number of benzene rings is 1. The maximum atomic E-state index is 5.89. The summed E-state index contributed by atoms with van der Waals surface area (Å²) in [7, 11) is 0. The quantitative estimate of drug-likeness (QED) is 0.484. The van der Waals surface area contributed by atoms with Crippen LogP contribution in [-0.2, 0) is 0 Å². The molecule has 96 valence electrons. The molecule has 0 radical (unpaired) electrons. The number of hydrogen-bond donors (Lipinski definition) is 0. The van der Waals surface area contributed by atoms with E-state index in [1.807, 2.05) is 12.1 Å². The zero-order valence-corrected chi connectivity index (χ0v) is 12.0. The molecule has 1 aromatic carbocycles. The smallest absolute Gasteiger partial charge is 0.0406 e. The van der Waals surface area contributed by atoms with E-state index in [1.165, 1.54) is 50.5 Å². The summed E-state index contributed by atoms with van der Waals surface area (Å²) < 4.78 is 0. The summed E-state index contributed by atoms with van der Waals surface area (Å²) in [4.78, 5) is 0. The molecular weight excluding hydrogens is 228 g/mol. The molecule has 0 saturated carbocycles. The molecule has 1 heteroatoms. The monoisotopic (exact) mass is 252 g/mol. The fourth-order valence-corrected chi connectivity index (χ4v) is 2.31. The molecule has 0 aliphatic heterocycles. The molecule has 0 amide bonds. The Bertz CT molecular complexity index is 289. The third-order valence-electron chi connectivity index (χ3n) is 3.43. The molecule has 0 aliphatic carbocycles. The van der Waals surface area contributed by atoms with Crippen molar-refractivity contribution in [1.29, 1.82) is 0 Å². The molecule has 0 heterocycles. The van der Waals surface area contributed by atoms with Crippen LogP contribution in [0.25, 0.3) is 0 Å². The highest BCUT2D eigenvalue weighted by Gasteiger charge is 2.04. The second-order valence-electron chi connectivity index (χ2n) is 5.01. The van der Waals surface area contributed by atoms with Gasteiger partial charge in [0.1, 0.15) is 0 Å². The Hall–Kier alpha value is -0.490. The van der Waals surface area contributed by atoms with E-state index in [0.717, 1.165) is 5.02 Å². The lowest BCUT2D eigenvalue weighted by Gasteiger charge is -2.11. The first kappa shape index (κ1) is 14.6. The van der Waals surface area contributed by atoms with Crippen LogP contribution in [0.4, 0.5) is 0 Å². The summed E-state index contributed by atoms with van der Waals surface area (Å²) in [5.74, 6) is 0.665. The molecule has 0 saturated heterocycles. The van der Waals surface area contributed by atoms with E-state index in [-0.39, 0.29) is 0 Å². The molecule has 0 aromatic heterocycles. The van der Waals surface area contributed by atoms with Gasteiger partial charge in [-0.1, -0.05) is 76.1 Å². The third-order valence-corrected chi connectivity index (χ3v) is 3.68. The SMILES string of the molecule is CCCCCCCCC(C)c1ccc(Cl)cc1. The maximum Gasteiger partial charge on any atom is 0.0406 e. The van der Waals surface area contributed by atoms with E-state index in [1.54, 1.807) is 0 Å². The van der Waals surface area contributed by atoms with E-state index in [4.69, 9.17) is 11.6 Å². The van der Waals surface area contributed by atoms with Gasteiger partial charge in [-0.2, -0.15) is 0 Å². The van der Waals surface area contributed by atoms with Crippen LogP contribution >= 0.6 is 11.6 Å². The zero-order chi connectivity index (χ0) is 12.5. The summed E-state index contributed by atoms with van der Waals surface area (Å²) in [5, 5.41) is 0.834. The first-order valence-electron chi connectivity index (χ1n) is 6.99. The van der Waals surface area contributed by atoms with Gasteiger partial charge in [-0.15, -0.1) is 0 Å². The summed E-state index contributed by atoms with van der Waals surface area (Å²) in [6.07, 6.45) is 9.58. The van der Waals surface area contributed by atoms with Crippen LogP contribution in [0.2, 0.25) is 5.02 Å². The third kappa shape index (κ3) is 6.12. The van der Waals surface area contributed by atoms with Gasteiger partial charge in [0.2, 0.25) is 0 Å². The minimum atomic E-state index is 0.665. The van der Waals surface area contributed by atoms with Crippen molar-refractivity contribution in [2.45, 2.75) is 64.7 Å². The van der Waals surface area contributed by atoms with Gasteiger partial charge in [0.15, 0.2) is 0 Å². The van der Waals surface area contributed by atoms with Crippen molar-refractivity contribution in [1.82, 2.24) is 0 Å². The van der Waals surface area contributed by atoms with E-state index in [0.29, 0.717) is 5.92 Å². The van der Waals surface area contributed by atoms with Gasteiger partial charge in [0.25, 0.3) is 0 Å². The number of rotatable bonds is 8. The van der Waals surface area contributed by atoms with Gasteiger partial charge >= 0.3 is 0 Å². The fourth-order valence-electron chi connectivity index (χ4n) is 2.19. The van der Waals surface area contributed by atoms with Crippen molar-refractivity contribution >= 4 is 11.6 Å². The lowest BCUT2D eigenvalue weighted by molar-refractivity contribution is 0.557. The van der Waals surface area contributed by atoms with Crippen molar-refractivity contribution in [2.24, 2.45) is 0 Å². The largest absolute Gasteiger partial charge is 0.0843 e. The summed E-state index contributed by atoms with van der Waals surface area (Å²) in [6, 6.07) is 8.30. The average molecular weight is 253 g/mol. The first-order valence-corrected chi connectivity index (χ1v) is 7.37. The predicted octanol–water partition coefficient (Wildman–Crippen LogP) is 6.19. The van der Waals surface area contributed by atoms with Gasteiger partial charge in [0.05, 0.1) is 0 Å². The molecule has 0 bridgehead atoms. The molecular formula is C16H25Cl. The molecule has 1 unspecified atom stereocenters. The molecule has 0 aliphatic rings. The number of unbranched alkanes of at least 4 members (excludes halogenated alkanes) is 5. The fraction of sp³-hybridized carbons (Fsp3) is 0.625. The molecule has 17 heavy (non-hydrogen) atoms.